The minimum atomic E-state index is -4.21. The predicted octanol–water partition coefficient (Wildman–Crippen LogP) is 10.1. The Morgan fingerprint density at radius 2 is 1.84 bits per heavy atom. The molecule has 3 nitrogen and oxygen atoms in total. The first-order valence-corrected chi connectivity index (χ1v) is 16.3. The fourth-order valence-corrected chi connectivity index (χ4v) is 7.32. The molecule has 6 heteroatoms. The number of aryl methyl sites for hydroxylation is 1. The Balaban J connectivity index is 1.45. The molecule has 43 heavy (non-hydrogen) atoms. The molecule has 0 radical (unpaired) electrons. The third-order valence-electron chi connectivity index (χ3n) is 10.1. The number of hydrogen-bond donors (Lipinski definition) is 0. The minimum Gasteiger partial charge on any atom is -0.375 e. The molecule has 0 amide bonds. The van der Waals surface area contributed by atoms with Gasteiger partial charge in [0.05, 0.1) is 6.04 Å². The van der Waals surface area contributed by atoms with Gasteiger partial charge in [0.2, 0.25) is 0 Å². The van der Waals surface area contributed by atoms with Gasteiger partial charge in [-0.3, -0.25) is 4.99 Å². The Kier molecular flexibility index (Phi) is 9.25. The van der Waals surface area contributed by atoms with Gasteiger partial charge in [0.15, 0.2) is 0 Å². The first-order valence-electron chi connectivity index (χ1n) is 16.3. The van der Waals surface area contributed by atoms with Gasteiger partial charge >= 0.3 is 6.18 Å². The van der Waals surface area contributed by atoms with Gasteiger partial charge in [-0.1, -0.05) is 64.1 Å². The van der Waals surface area contributed by atoms with Crippen LogP contribution in [0.5, 0.6) is 0 Å². The number of alkyl halides is 3. The number of halogens is 3. The lowest BCUT2D eigenvalue weighted by Gasteiger charge is -2.38. The summed E-state index contributed by atoms with van der Waals surface area (Å²) >= 11 is 0. The zero-order valence-corrected chi connectivity index (χ0v) is 26.7. The fraction of sp³-hybridized carbons (Fsp3) is 0.568. The van der Waals surface area contributed by atoms with Crippen molar-refractivity contribution < 1.29 is 13.2 Å². The van der Waals surface area contributed by atoms with Crippen LogP contribution in [0.15, 0.2) is 69.3 Å². The second-order valence-electron chi connectivity index (χ2n) is 13.4. The number of piperidine rings is 1. The van der Waals surface area contributed by atoms with E-state index in [1.807, 2.05) is 4.90 Å². The topological polar surface area (TPSA) is 28.0 Å². The molecule has 0 N–H and O–H groups in total. The average molecular weight is 592 g/mol. The molecule has 0 spiro atoms. The summed E-state index contributed by atoms with van der Waals surface area (Å²) in [6, 6.07) is 7.19. The van der Waals surface area contributed by atoms with Gasteiger partial charge in [0.1, 0.15) is 11.8 Å². The van der Waals surface area contributed by atoms with E-state index in [1.165, 1.54) is 39.0 Å². The van der Waals surface area contributed by atoms with Crippen molar-refractivity contribution in [3.8, 4) is 0 Å². The van der Waals surface area contributed by atoms with Crippen LogP contribution in [0.25, 0.3) is 5.57 Å². The van der Waals surface area contributed by atoms with Crippen LogP contribution in [-0.4, -0.2) is 42.3 Å². The maximum atomic E-state index is 13.8. The van der Waals surface area contributed by atoms with Crippen molar-refractivity contribution in [3.63, 3.8) is 0 Å². The number of fused-ring (bicyclic) bond motifs is 2. The normalized spacial score (nSPS) is 24.3. The Labute approximate surface area is 256 Å². The van der Waals surface area contributed by atoms with Crippen molar-refractivity contribution >= 4 is 17.6 Å². The van der Waals surface area contributed by atoms with Crippen LogP contribution < -0.4 is 0 Å². The molecule has 2 fully saturated rings. The van der Waals surface area contributed by atoms with Crippen molar-refractivity contribution in [3.05, 3.63) is 76.0 Å². The second-order valence-corrected chi connectivity index (χ2v) is 13.4. The van der Waals surface area contributed by atoms with Crippen LogP contribution in [0.4, 0.5) is 13.2 Å². The molecule has 5 rings (SSSR count). The van der Waals surface area contributed by atoms with Gasteiger partial charge in [-0.15, -0.1) is 0 Å². The Bertz CT molecular complexity index is 1380. The molecule has 0 aromatic heterocycles. The van der Waals surface area contributed by atoms with Gasteiger partial charge in [0.25, 0.3) is 0 Å². The zero-order valence-electron chi connectivity index (χ0n) is 26.7. The van der Waals surface area contributed by atoms with E-state index in [1.54, 1.807) is 6.34 Å². The van der Waals surface area contributed by atoms with Crippen molar-refractivity contribution in [2.45, 2.75) is 111 Å². The number of allylic oxidation sites excluding steroid dienone is 7. The van der Waals surface area contributed by atoms with Gasteiger partial charge in [-0.25, -0.2) is 4.99 Å². The van der Waals surface area contributed by atoms with Gasteiger partial charge in [0, 0.05) is 30.9 Å². The van der Waals surface area contributed by atoms with Crippen molar-refractivity contribution in [1.82, 2.24) is 4.90 Å². The van der Waals surface area contributed by atoms with E-state index in [2.05, 4.69) is 81.5 Å². The summed E-state index contributed by atoms with van der Waals surface area (Å²) in [5, 5.41) is 0. The highest BCUT2D eigenvalue weighted by Crippen LogP contribution is 2.62. The molecule has 1 aromatic rings. The monoisotopic (exact) mass is 591 g/mol. The molecule has 2 aliphatic heterocycles. The van der Waals surface area contributed by atoms with Gasteiger partial charge < -0.3 is 4.90 Å². The number of nitrogens with zero attached hydrogens (tertiary/aromatic N) is 3. The lowest BCUT2D eigenvalue weighted by atomic mass is 9.80. The van der Waals surface area contributed by atoms with Gasteiger partial charge in [-0.2, -0.15) is 13.2 Å². The number of hydrogen-bond acceptors (Lipinski definition) is 3. The summed E-state index contributed by atoms with van der Waals surface area (Å²) in [6.07, 6.45) is 9.33. The maximum absolute atomic E-state index is 13.8. The summed E-state index contributed by atoms with van der Waals surface area (Å²) in [5.41, 5.74) is 8.98. The number of rotatable bonds is 8. The quantitative estimate of drug-likeness (QED) is 0.296. The third-order valence-corrected chi connectivity index (χ3v) is 10.1. The van der Waals surface area contributed by atoms with Crippen molar-refractivity contribution in [2.75, 3.05) is 13.1 Å². The highest BCUT2D eigenvalue weighted by Gasteiger charge is 2.66. The van der Waals surface area contributed by atoms with E-state index < -0.39 is 11.6 Å². The van der Waals surface area contributed by atoms with E-state index in [-0.39, 0.29) is 18.5 Å². The van der Waals surface area contributed by atoms with E-state index in [4.69, 9.17) is 0 Å². The molecule has 1 saturated carbocycles. The van der Waals surface area contributed by atoms with Crippen LogP contribution >= 0.6 is 0 Å². The summed E-state index contributed by atoms with van der Waals surface area (Å²) in [4.78, 5) is 11.1. The lowest BCUT2D eigenvalue weighted by Crippen LogP contribution is -2.39. The summed E-state index contributed by atoms with van der Waals surface area (Å²) in [6.45, 7) is 16.4. The van der Waals surface area contributed by atoms with Crippen LogP contribution in [0.3, 0.4) is 0 Å². The molecule has 232 valence electrons. The Morgan fingerprint density at radius 1 is 1.12 bits per heavy atom. The van der Waals surface area contributed by atoms with E-state index in [9.17, 15) is 13.2 Å². The largest absolute Gasteiger partial charge is 0.399 e. The first kappa shape index (κ1) is 31.5. The van der Waals surface area contributed by atoms with Crippen LogP contribution in [-0.2, 0) is 0 Å². The average Bonchev–Trinajstić information content (AvgIpc) is 3.79. The SMILES string of the molecule is C=C(N1CCC(c2ccc(C)c(/C(=C(CCC)/C3=C/CCC4CC(=NC=N4)C(C)=C3)C(C)C)c2)CC1)C1(C(F)(F)F)CC1. The molecule has 2 heterocycles. The van der Waals surface area contributed by atoms with Crippen LogP contribution in [0.2, 0.25) is 0 Å². The smallest absolute Gasteiger partial charge is 0.375 e. The standard InChI is InChI=1S/C37H48F3N3/c1-7-9-32(30-10-8-11-31-22-34(26(5)20-30)42-23-41-31)35(24(2)3)33-21-29(13-12-25(33)4)28-14-18-43(19-15-28)27(6)36(16-17-36)37(38,39)40/h10,12-13,20-21,23-24,28,31H,6-9,11,14-19,22H2,1-5H3/b26-20?,30-10+,35-32+. The van der Waals surface area contributed by atoms with Gasteiger partial charge in [-0.05, 0) is 110 Å². The predicted molar refractivity (Wildman–Crippen MR) is 174 cm³/mol. The van der Waals surface area contributed by atoms with E-state index in [0.29, 0.717) is 31.0 Å². The number of benzene rings is 1. The maximum Gasteiger partial charge on any atom is 0.399 e. The van der Waals surface area contributed by atoms with E-state index >= 15 is 0 Å². The fourth-order valence-electron chi connectivity index (χ4n) is 7.32. The zero-order chi connectivity index (χ0) is 30.9. The molecule has 1 atom stereocenters. The van der Waals surface area contributed by atoms with Crippen molar-refractivity contribution in [2.24, 2.45) is 21.3 Å². The molecule has 1 saturated heterocycles. The summed E-state index contributed by atoms with van der Waals surface area (Å²) < 4.78 is 41.3. The molecule has 1 unspecified atom stereocenters. The van der Waals surface area contributed by atoms with E-state index in [0.717, 1.165) is 50.7 Å². The highest BCUT2D eigenvalue weighted by molar-refractivity contribution is 6.05. The number of aliphatic imine (C=N–C) groups is 2. The Morgan fingerprint density at radius 3 is 2.47 bits per heavy atom. The lowest BCUT2D eigenvalue weighted by molar-refractivity contribution is -0.180. The van der Waals surface area contributed by atoms with Crippen molar-refractivity contribution in [1.29, 1.82) is 0 Å². The number of likely N-dealkylation sites (tertiary alicyclic amines) is 1. The van der Waals surface area contributed by atoms with Crippen LogP contribution in [0, 0.1) is 18.3 Å². The third kappa shape index (κ3) is 6.49. The molecule has 2 bridgehead atoms. The first-order chi connectivity index (χ1) is 20.4. The molecule has 1 aromatic carbocycles. The van der Waals surface area contributed by atoms with Crippen LogP contribution in [0.1, 0.15) is 108 Å². The molecule has 2 aliphatic carbocycles. The second kappa shape index (κ2) is 12.6. The minimum absolute atomic E-state index is 0.175. The summed E-state index contributed by atoms with van der Waals surface area (Å²) in [5.74, 6) is 0.663. The Hall–Kier alpha value is -2.89. The summed E-state index contributed by atoms with van der Waals surface area (Å²) in [7, 11) is 0. The molecular formula is C37H48F3N3. The molecular weight excluding hydrogens is 543 g/mol. The molecule has 4 aliphatic rings. The highest BCUT2D eigenvalue weighted by atomic mass is 19.4.